The van der Waals surface area contributed by atoms with Gasteiger partial charge >= 0.3 is 0 Å². The van der Waals surface area contributed by atoms with E-state index in [2.05, 4.69) is 48.2 Å². The zero-order valence-corrected chi connectivity index (χ0v) is 14.5. The lowest BCUT2D eigenvalue weighted by Gasteiger charge is -2.45. The van der Waals surface area contributed by atoms with Crippen LogP contribution in [0.25, 0.3) is 0 Å². The van der Waals surface area contributed by atoms with Gasteiger partial charge < -0.3 is 4.74 Å². The van der Waals surface area contributed by atoms with Gasteiger partial charge in [-0.25, -0.2) is 0 Å². The van der Waals surface area contributed by atoms with Gasteiger partial charge in [0.25, 0.3) is 0 Å². The predicted octanol–water partition coefficient (Wildman–Crippen LogP) is 4.95. The van der Waals surface area contributed by atoms with Crippen LogP contribution in [0.3, 0.4) is 0 Å². The molecule has 0 saturated carbocycles. The van der Waals surface area contributed by atoms with Crippen molar-refractivity contribution in [2.45, 2.75) is 70.5 Å². The summed E-state index contributed by atoms with van der Waals surface area (Å²) in [4.78, 5) is 2.65. The number of hydrogen-bond donors (Lipinski definition) is 0. The van der Waals surface area contributed by atoms with Crippen molar-refractivity contribution < 1.29 is 4.74 Å². The van der Waals surface area contributed by atoms with Crippen LogP contribution in [-0.4, -0.2) is 30.2 Å². The third-order valence-electron chi connectivity index (χ3n) is 5.23. The maximum absolute atomic E-state index is 5.82. The number of ether oxygens (including phenoxy) is 1. The minimum absolute atomic E-state index is 0.480. The number of rotatable bonds is 8. The maximum atomic E-state index is 5.82. The topological polar surface area (TPSA) is 12.5 Å². The van der Waals surface area contributed by atoms with Gasteiger partial charge in [-0.3, -0.25) is 4.90 Å². The number of hydrogen-bond acceptors (Lipinski definition) is 2. The first kappa shape index (κ1) is 16.7. The van der Waals surface area contributed by atoms with E-state index in [1.165, 1.54) is 50.5 Å². The van der Waals surface area contributed by atoms with Crippen molar-refractivity contribution in [3.05, 3.63) is 47.5 Å². The molecule has 2 bridgehead atoms. The standard InChI is InChI=1S/C21H31NO/c1-2-3-4-5-7-12-19-13-20-16-23-17-21(14-19)22(20)15-18-10-8-6-9-11-18/h6,8-11,13,20-21H,2-5,7,12,14-17H2,1H3. The summed E-state index contributed by atoms with van der Waals surface area (Å²) in [6, 6.07) is 11.9. The fourth-order valence-corrected chi connectivity index (χ4v) is 3.93. The predicted molar refractivity (Wildman–Crippen MR) is 96.5 cm³/mol. The number of unbranched alkanes of at least 4 members (excludes halogenated alkanes) is 4. The third kappa shape index (κ3) is 4.68. The summed E-state index contributed by atoms with van der Waals surface area (Å²) in [5, 5.41) is 0. The quantitative estimate of drug-likeness (QED) is 0.497. The van der Waals surface area contributed by atoms with Crippen LogP contribution in [0, 0.1) is 0 Å². The highest BCUT2D eigenvalue weighted by Crippen LogP contribution is 2.31. The fraction of sp³-hybridized carbons (Fsp3) is 0.619. The summed E-state index contributed by atoms with van der Waals surface area (Å²) < 4.78 is 5.82. The van der Waals surface area contributed by atoms with Crippen LogP contribution in [0.15, 0.2) is 42.0 Å². The van der Waals surface area contributed by atoms with E-state index in [1.54, 1.807) is 5.57 Å². The Morgan fingerprint density at radius 3 is 2.65 bits per heavy atom. The van der Waals surface area contributed by atoms with E-state index in [0.29, 0.717) is 12.1 Å². The zero-order chi connectivity index (χ0) is 15.9. The first-order valence-electron chi connectivity index (χ1n) is 9.44. The first-order chi connectivity index (χ1) is 11.4. The number of morpholine rings is 1. The largest absolute Gasteiger partial charge is 0.378 e. The molecule has 0 spiro atoms. The maximum Gasteiger partial charge on any atom is 0.0658 e. The molecule has 2 nitrogen and oxygen atoms in total. The first-order valence-corrected chi connectivity index (χ1v) is 9.44. The van der Waals surface area contributed by atoms with Crippen molar-refractivity contribution in [3.63, 3.8) is 0 Å². The van der Waals surface area contributed by atoms with Gasteiger partial charge in [-0.05, 0) is 24.8 Å². The van der Waals surface area contributed by atoms with Gasteiger partial charge in [0.1, 0.15) is 0 Å². The highest BCUT2D eigenvalue weighted by atomic mass is 16.5. The second kappa shape index (κ2) is 8.65. The van der Waals surface area contributed by atoms with Crippen molar-refractivity contribution in [3.8, 4) is 0 Å². The molecule has 2 heteroatoms. The summed E-state index contributed by atoms with van der Waals surface area (Å²) in [5.41, 5.74) is 3.10. The summed E-state index contributed by atoms with van der Waals surface area (Å²) in [5.74, 6) is 0. The van der Waals surface area contributed by atoms with Gasteiger partial charge in [-0.1, -0.05) is 74.6 Å². The molecule has 2 aliphatic rings. The van der Waals surface area contributed by atoms with E-state index in [1.807, 2.05) is 0 Å². The lowest BCUT2D eigenvalue weighted by molar-refractivity contribution is -0.0442. The molecule has 1 aromatic rings. The van der Waals surface area contributed by atoms with Crippen LogP contribution in [0.1, 0.15) is 57.4 Å². The molecule has 1 fully saturated rings. The molecule has 0 radical (unpaired) electrons. The zero-order valence-electron chi connectivity index (χ0n) is 14.5. The van der Waals surface area contributed by atoms with E-state index in [9.17, 15) is 0 Å². The highest BCUT2D eigenvalue weighted by Gasteiger charge is 2.34. The molecule has 2 aliphatic heterocycles. The SMILES string of the molecule is CCCCCCCC1=CC2COCC(C1)N2Cc1ccccc1. The Morgan fingerprint density at radius 1 is 1.04 bits per heavy atom. The molecule has 126 valence electrons. The van der Waals surface area contributed by atoms with Crippen molar-refractivity contribution in [2.24, 2.45) is 0 Å². The van der Waals surface area contributed by atoms with Crippen LogP contribution in [0.2, 0.25) is 0 Å². The van der Waals surface area contributed by atoms with Gasteiger partial charge in [0, 0.05) is 12.6 Å². The second-order valence-corrected chi connectivity index (χ2v) is 7.11. The molecule has 0 aromatic heterocycles. The molecule has 1 saturated heterocycles. The van der Waals surface area contributed by atoms with Gasteiger partial charge in [-0.2, -0.15) is 0 Å². The molecule has 1 aromatic carbocycles. The lowest BCUT2D eigenvalue weighted by Crippen LogP contribution is -2.53. The molecular formula is C21H31NO. The van der Waals surface area contributed by atoms with E-state index in [4.69, 9.17) is 4.74 Å². The Kier molecular flexibility index (Phi) is 6.29. The smallest absolute Gasteiger partial charge is 0.0658 e. The minimum Gasteiger partial charge on any atom is -0.378 e. The van der Waals surface area contributed by atoms with Crippen molar-refractivity contribution in [2.75, 3.05) is 13.2 Å². The average Bonchev–Trinajstić information content (AvgIpc) is 2.56. The second-order valence-electron chi connectivity index (χ2n) is 7.11. The van der Waals surface area contributed by atoms with Crippen LogP contribution >= 0.6 is 0 Å². The molecule has 2 atom stereocenters. The Morgan fingerprint density at radius 2 is 1.87 bits per heavy atom. The van der Waals surface area contributed by atoms with Gasteiger partial charge in [0.15, 0.2) is 0 Å². The summed E-state index contributed by atoms with van der Waals surface area (Å²) in [6.07, 6.45) is 11.9. The Balaban J connectivity index is 1.56. The van der Waals surface area contributed by atoms with E-state index in [0.717, 1.165) is 19.8 Å². The monoisotopic (exact) mass is 313 g/mol. The molecule has 3 rings (SSSR count). The molecule has 0 N–H and O–H groups in total. The lowest BCUT2D eigenvalue weighted by atomic mass is 9.90. The van der Waals surface area contributed by atoms with Crippen LogP contribution < -0.4 is 0 Å². The summed E-state index contributed by atoms with van der Waals surface area (Å²) in [6.45, 7) is 5.10. The van der Waals surface area contributed by atoms with Crippen molar-refractivity contribution >= 4 is 0 Å². The molecule has 0 aliphatic carbocycles. The van der Waals surface area contributed by atoms with E-state index >= 15 is 0 Å². The van der Waals surface area contributed by atoms with Gasteiger partial charge in [-0.15, -0.1) is 0 Å². The Labute approximate surface area is 141 Å². The van der Waals surface area contributed by atoms with Gasteiger partial charge in [0.2, 0.25) is 0 Å². The highest BCUT2D eigenvalue weighted by molar-refractivity contribution is 5.19. The third-order valence-corrected chi connectivity index (χ3v) is 5.23. The Bertz CT molecular complexity index is 496. The van der Waals surface area contributed by atoms with Crippen molar-refractivity contribution in [1.82, 2.24) is 4.90 Å². The molecular weight excluding hydrogens is 282 g/mol. The molecule has 23 heavy (non-hydrogen) atoms. The van der Waals surface area contributed by atoms with Crippen LogP contribution in [0.4, 0.5) is 0 Å². The van der Waals surface area contributed by atoms with E-state index < -0.39 is 0 Å². The normalized spacial score (nSPS) is 24.5. The number of nitrogens with zero attached hydrogens (tertiary/aromatic N) is 1. The van der Waals surface area contributed by atoms with Crippen LogP contribution in [-0.2, 0) is 11.3 Å². The Hall–Kier alpha value is -1.12. The van der Waals surface area contributed by atoms with E-state index in [-0.39, 0.29) is 0 Å². The van der Waals surface area contributed by atoms with Crippen LogP contribution in [0.5, 0.6) is 0 Å². The number of fused-ring (bicyclic) bond motifs is 2. The molecule has 0 amide bonds. The molecule has 2 unspecified atom stereocenters. The molecule has 2 heterocycles. The summed E-state index contributed by atoms with van der Waals surface area (Å²) >= 11 is 0. The van der Waals surface area contributed by atoms with Gasteiger partial charge in [0.05, 0.1) is 19.3 Å². The summed E-state index contributed by atoms with van der Waals surface area (Å²) in [7, 11) is 0. The minimum atomic E-state index is 0.480. The van der Waals surface area contributed by atoms with Crippen molar-refractivity contribution in [1.29, 1.82) is 0 Å². The number of benzene rings is 1. The fourth-order valence-electron chi connectivity index (χ4n) is 3.93. The average molecular weight is 313 g/mol.